The highest BCUT2D eigenvalue weighted by atomic mass is 16.1. The van der Waals surface area contributed by atoms with Crippen LogP contribution < -0.4 is 5.73 Å². The van der Waals surface area contributed by atoms with Crippen molar-refractivity contribution in [1.82, 2.24) is 9.55 Å². The Labute approximate surface area is 71.4 Å². The van der Waals surface area contributed by atoms with Crippen molar-refractivity contribution in [3.63, 3.8) is 0 Å². The zero-order valence-electron chi connectivity index (χ0n) is 7.32. The third-order valence-electron chi connectivity index (χ3n) is 1.82. The van der Waals surface area contributed by atoms with Crippen molar-refractivity contribution < 1.29 is 4.79 Å². The Hall–Kier alpha value is -1.16. The third-order valence-corrected chi connectivity index (χ3v) is 1.82. The zero-order valence-corrected chi connectivity index (χ0v) is 7.32. The van der Waals surface area contributed by atoms with Gasteiger partial charge in [0.2, 0.25) is 5.78 Å². The summed E-state index contributed by atoms with van der Waals surface area (Å²) in [5.74, 6) is 0.342. The second-order valence-corrected chi connectivity index (χ2v) is 2.74. The van der Waals surface area contributed by atoms with E-state index in [0.29, 0.717) is 12.2 Å². The Balaban J connectivity index is 2.85. The molecule has 0 aliphatic rings. The van der Waals surface area contributed by atoms with E-state index in [1.165, 1.54) is 0 Å². The number of hydrogen-bond acceptors (Lipinski definition) is 3. The highest BCUT2D eigenvalue weighted by Crippen LogP contribution is 2.00. The molecular weight excluding hydrogens is 154 g/mol. The minimum atomic E-state index is -0.425. The number of imidazole rings is 1. The number of Topliss-reactive ketones (excluding diaryl/α,β-unsaturated/α-hetero) is 1. The Bertz CT molecular complexity index is 280. The summed E-state index contributed by atoms with van der Waals surface area (Å²) >= 11 is 0. The van der Waals surface area contributed by atoms with Crippen LogP contribution in [0, 0.1) is 0 Å². The van der Waals surface area contributed by atoms with E-state index >= 15 is 0 Å². The Morgan fingerprint density at radius 3 is 2.92 bits per heavy atom. The predicted molar refractivity (Wildman–Crippen MR) is 45.8 cm³/mol. The van der Waals surface area contributed by atoms with E-state index in [1.54, 1.807) is 24.0 Å². The summed E-state index contributed by atoms with van der Waals surface area (Å²) in [6.07, 6.45) is 3.97. The van der Waals surface area contributed by atoms with Crippen LogP contribution in [0.5, 0.6) is 0 Å². The van der Waals surface area contributed by atoms with Gasteiger partial charge in [0, 0.05) is 19.4 Å². The SMILES string of the molecule is CCC(N)C(=O)c1nccn1C. The first-order valence-corrected chi connectivity index (χ1v) is 3.94. The normalized spacial score (nSPS) is 12.9. The number of rotatable bonds is 3. The van der Waals surface area contributed by atoms with E-state index in [1.807, 2.05) is 6.92 Å². The van der Waals surface area contributed by atoms with Gasteiger partial charge in [0.15, 0.2) is 5.82 Å². The largest absolute Gasteiger partial charge is 0.332 e. The second kappa shape index (κ2) is 3.49. The van der Waals surface area contributed by atoms with Crippen molar-refractivity contribution in [2.24, 2.45) is 12.8 Å². The average molecular weight is 167 g/mol. The summed E-state index contributed by atoms with van der Waals surface area (Å²) in [6.45, 7) is 1.88. The van der Waals surface area contributed by atoms with Gasteiger partial charge in [-0.05, 0) is 6.42 Å². The standard InChI is InChI=1S/C8H13N3O/c1-3-6(9)7(12)8-10-4-5-11(8)2/h4-6H,3,9H2,1-2H3. The lowest BCUT2D eigenvalue weighted by molar-refractivity contribution is 0.0946. The van der Waals surface area contributed by atoms with Gasteiger partial charge in [-0.3, -0.25) is 4.79 Å². The first kappa shape index (κ1) is 8.93. The average Bonchev–Trinajstić information content (AvgIpc) is 2.48. The Kier molecular flexibility index (Phi) is 2.60. The monoisotopic (exact) mass is 167 g/mol. The molecule has 0 saturated heterocycles. The minimum absolute atomic E-state index is 0.0926. The molecule has 4 nitrogen and oxygen atoms in total. The molecule has 0 bridgehead atoms. The molecule has 1 atom stereocenters. The third kappa shape index (κ3) is 1.53. The van der Waals surface area contributed by atoms with Crippen LogP contribution in [0.15, 0.2) is 12.4 Å². The maximum absolute atomic E-state index is 11.4. The molecule has 0 aliphatic heterocycles. The van der Waals surface area contributed by atoms with Crippen molar-refractivity contribution in [3.8, 4) is 0 Å². The van der Waals surface area contributed by atoms with Gasteiger partial charge in [-0.2, -0.15) is 0 Å². The lowest BCUT2D eigenvalue weighted by Crippen LogP contribution is -2.31. The maximum Gasteiger partial charge on any atom is 0.214 e. The predicted octanol–water partition coefficient (Wildman–Crippen LogP) is 0.340. The lowest BCUT2D eigenvalue weighted by atomic mass is 10.1. The van der Waals surface area contributed by atoms with Crippen molar-refractivity contribution >= 4 is 5.78 Å². The van der Waals surface area contributed by atoms with E-state index in [4.69, 9.17) is 5.73 Å². The molecule has 1 unspecified atom stereocenters. The molecule has 1 aromatic rings. The van der Waals surface area contributed by atoms with Crippen LogP contribution in [0.4, 0.5) is 0 Å². The topological polar surface area (TPSA) is 60.9 Å². The van der Waals surface area contributed by atoms with Gasteiger partial charge in [-0.1, -0.05) is 6.92 Å². The maximum atomic E-state index is 11.4. The number of nitrogens with zero attached hydrogens (tertiary/aromatic N) is 2. The highest BCUT2D eigenvalue weighted by Gasteiger charge is 2.17. The first-order chi connectivity index (χ1) is 5.66. The van der Waals surface area contributed by atoms with Gasteiger partial charge < -0.3 is 10.3 Å². The molecule has 0 spiro atoms. The molecule has 1 heterocycles. The van der Waals surface area contributed by atoms with Crippen molar-refractivity contribution in [2.75, 3.05) is 0 Å². The molecule has 66 valence electrons. The molecular formula is C8H13N3O. The van der Waals surface area contributed by atoms with Crippen LogP contribution in [-0.4, -0.2) is 21.4 Å². The molecule has 1 rings (SSSR count). The van der Waals surface area contributed by atoms with Gasteiger partial charge >= 0.3 is 0 Å². The number of hydrogen-bond donors (Lipinski definition) is 1. The van der Waals surface area contributed by atoms with Gasteiger partial charge in [0.1, 0.15) is 0 Å². The number of aromatic nitrogens is 2. The molecule has 4 heteroatoms. The zero-order chi connectivity index (χ0) is 9.14. The van der Waals surface area contributed by atoms with E-state index in [-0.39, 0.29) is 5.78 Å². The van der Waals surface area contributed by atoms with Gasteiger partial charge in [0.05, 0.1) is 6.04 Å². The summed E-state index contributed by atoms with van der Waals surface area (Å²) in [6, 6.07) is -0.425. The molecule has 0 radical (unpaired) electrons. The number of ketones is 1. The minimum Gasteiger partial charge on any atom is -0.332 e. The quantitative estimate of drug-likeness (QED) is 0.660. The van der Waals surface area contributed by atoms with Crippen LogP contribution in [0.1, 0.15) is 24.0 Å². The molecule has 12 heavy (non-hydrogen) atoms. The van der Waals surface area contributed by atoms with Crippen LogP contribution >= 0.6 is 0 Å². The summed E-state index contributed by atoms with van der Waals surface area (Å²) in [7, 11) is 1.78. The Morgan fingerprint density at radius 1 is 1.83 bits per heavy atom. The van der Waals surface area contributed by atoms with Gasteiger partial charge in [-0.15, -0.1) is 0 Å². The summed E-state index contributed by atoms with van der Waals surface area (Å²) < 4.78 is 1.68. The number of carbonyl (C=O) groups excluding carboxylic acids is 1. The second-order valence-electron chi connectivity index (χ2n) is 2.74. The highest BCUT2D eigenvalue weighted by molar-refractivity contribution is 5.96. The van der Waals surface area contributed by atoms with E-state index in [9.17, 15) is 4.79 Å². The molecule has 0 fully saturated rings. The van der Waals surface area contributed by atoms with Crippen LogP contribution in [0.25, 0.3) is 0 Å². The first-order valence-electron chi connectivity index (χ1n) is 3.94. The number of aryl methyl sites for hydroxylation is 1. The van der Waals surface area contributed by atoms with Gasteiger partial charge in [0.25, 0.3) is 0 Å². The number of carbonyl (C=O) groups is 1. The molecule has 1 aromatic heterocycles. The molecule has 2 N–H and O–H groups in total. The van der Waals surface area contributed by atoms with Crippen molar-refractivity contribution in [3.05, 3.63) is 18.2 Å². The smallest absolute Gasteiger partial charge is 0.214 e. The summed E-state index contributed by atoms with van der Waals surface area (Å²) in [4.78, 5) is 15.4. The molecule has 0 saturated carbocycles. The van der Waals surface area contributed by atoms with Crippen LogP contribution in [-0.2, 0) is 7.05 Å². The summed E-state index contributed by atoms with van der Waals surface area (Å²) in [5.41, 5.74) is 5.57. The van der Waals surface area contributed by atoms with E-state index in [2.05, 4.69) is 4.98 Å². The summed E-state index contributed by atoms with van der Waals surface area (Å²) in [5, 5.41) is 0. The Morgan fingerprint density at radius 2 is 2.50 bits per heavy atom. The lowest BCUT2D eigenvalue weighted by Gasteiger charge is -2.06. The fraction of sp³-hybridized carbons (Fsp3) is 0.500. The van der Waals surface area contributed by atoms with E-state index in [0.717, 1.165) is 0 Å². The van der Waals surface area contributed by atoms with Crippen LogP contribution in [0.2, 0.25) is 0 Å². The van der Waals surface area contributed by atoms with Crippen molar-refractivity contribution in [2.45, 2.75) is 19.4 Å². The molecule has 0 aliphatic carbocycles. The van der Waals surface area contributed by atoms with E-state index < -0.39 is 6.04 Å². The fourth-order valence-corrected chi connectivity index (χ4v) is 0.954. The number of nitrogens with two attached hydrogens (primary N) is 1. The fourth-order valence-electron chi connectivity index (χ4n) is 0.954. The molecule has 0 amide bonds. The van der Waals surface area contributed by atoms with Gasteiger partial charge in [-0.25, -0.2) is 4.98 Å². The van der Waals surface area contributed by atoms with Crippen molar-refractivity contribution in [1.29, 1.82) is 0 Å². The molecule has 0 aromatic carbocycles. The van der Waals surface area contributed by atoms with Crippen LogP contribution in [0.3, 0.4) is 0 Å².